The molecule has 0 aliphatic carbocycles. The van der Waals surface area contributed by atoms with E-state index in [9.17, 15) is 23.4 Å². The number of aromatic nitrogens is 5. The predicted molar refractivity (Wildman–Crippen MR) is 205 cm³/mol. The molecule has 0 spiro atoms. The molecule has 0 saturated carbocycles. The first-order valence-corrected chi connectivity index (χ1v) is 21.3. The van der Waals surface area contributed by atoms with E-state index >= 15 is 0 Å². The molecule has 1 atom stereocenters. The number of benzene rings is 1. The lowest BCUT2D eigenvalue weighted by Gasteiger charge is -2.28. The Labute approximate surface area is 319 Å². The lowest BCUT2D eigenvalue weighted by atomic mass is 9.92. The molecule has 22 heteroatoms. The lowest BCUT2D eigenvalue weighted by Crippen LogP contribution is -2.39. The number of carbonyl (C=O) groups is 2. The summed E-state index contributed by atoms with van der Waals surface area (Å²) in [5, 5.41) is 16.1. The van der Waals surface area contributed by atoms with E-state index in [1.54, 1.807) is 0 Å². The van der Waals surface area contributed by atoms with Crippen molar-refractivity contribution in [2.45, 2.75) is 40.7 Å². The number of halogens is 2. The van der Waals surface area contributed by atoms with Gasteiger partial charge in [0.25, 0.3) is 5.91 Å². The summed E-state index contributed by atoms with van der Waals surface area (Å²) in [7, 11) is -3.71. The number of anilines is 3. The molecule has 3 aromatic rings. The number of hydrogen-bond acceptors (Lipinski definition) is 14. The maximum Gasteiger partial charge on any atom is 0.317 e. The number of rotatable bonds is 10. The van der Waals surface area contributed by atoms with Crippen LogP contribution < -0.4 is 35.3 Å². The van der Waals surface area contributed by atoms with Crippen LogP contribution in [0.1, 0.15) is 33.5 Å². The zero-order valence-electron chi connectivity index (χ0n) is 30.5. The highest BCUT2D eigenvalue weighted by molar-refractivity contribution is 7.94. The van der Waals surface area contributed by atoms with E-state index in [1.165, 1.54) is 28.6 Å². The second kappa shape index (κ2) is 21.2. The number of aliphatic carboxylic acids is 1. The Morgan fingerprint density at radius 3 is 2.36 bits per heavy atom. The second-order valence-electron chi connectivity index (χ2n) is 12.3. The van der Waals surface area contributed by atoms with E-state index < -0.39 is 32.2 Å². The van der Waals surface area contributed by atoms with Gasteiger partial charge in [0.15, 0.2) is 12.4 Å². The molecule has 17 nitrogen and oxygen atoms in total. The maximum atomic E-state index is 14.5. The fourth-order valence-corrected chi connectivity index (χ4v) is 5.69. The molecule has 0 saturated heterocycles. The zero-order chi connectivity index (χ0) is 39.9. The number of terminal acetylenes is 1. The first-order chi connectivity index (χ1) is 24.8. The van der Waals surface area contributed by atoms with E-state index in [0.717, 1.165) is 31.9 Å². The van der Waals surface area contributed by atoms with Crippen LogP contribution in [0.3, 0.4) is 0 Å². The summed E-state index contributed by atoms with van der Waals surface area (Å²) in [6.07, 6.45) is 12.1. The summed E-state index contributed by atoms with van der Waals surface area (Å²) in [6, 6.07) is 2.76. The van der Waals surface area contributed by atoms with Crippen molar-refractivity contribution in [3.63, 3.8) is 0 Å². The van der Waals surface area contributed by atoms with Crippen molar-refractivity contribution in [1.29, 1.82) is 0 Å². The molecule has 2 aliphatic heterocycles. The van der Waals surface area contributed by atoms with Crippen molar-refractivity contribution in [1.82, 2.24) is 29.2 Å². The van der Waals surface area contributed by atoms with Crippen LogP contribution in [0, 0.1) is 23.6 Å². The Balaban J connectivity index is 0.000000301. The monoisotopic (exact) mass is 818 g/mol. The van der Waals surface area contributed by atoms with Gasteiger partial charge in [-0.3, -0.25) is 19.8 Å². The molecule has 1 aromatic carbocycles. The quantitative estimate of drug-likeness (QED) is 0.112. The number of carboxylic acids is 1. The summed E-state index contributed by atoms with van der Waals surface area (Å²) in [5.74, 6) is 2.75. The summed E-state index contributed by atoms with van der Waals surface area (Å²) in [5.41, 5.74) is 0.678. The number of ether oxygens (including phenoxy) is 1. The minimum atomic E-state index is -4.35. The molecule has 0 fully saturated rings. The predicted octanol–water partition coefficient (Wildman–Crippen LogP) is 2.30. The maximum absolute atomic E-state index is 14.5. The average Bonchev–Trinajstić information content (AvgIpc) is 3.53. The second-order valence-corrected chi connectivity index (χ2v) is 17.4. The van der Waals surface area contributed by atoms with Gasteiger partial charge in [0.05, 0.1) is 43.8 Å². The molecular weight excluding hydrogens is 774 g/mol. The fraction of sp³-hybridized carbons (Fsp3) is 0.516. The molecule has 4 heterocycles. The first-order valence-electron chi connectivity index (χ1n) is 15.9. The van der Waals surface area contributed by atoms with E-state index in [4.69, 9.17) is 32.8 Å². The highest BCUT2D eigenvalue weighted by atomic mass is 35.5. The van der Waals surface area contributed by atoms with E-state index in [1.807, 2.05) is 23.7 Å². The fourth-order valence-electron chi connectivity index (χ4n) is 4.37. The lowest BCUT2D eigenvalue weighted by molar-refractivity contribution is -0.193. The van der Waals surface area contributed by atoms with Crippen LogP contribution in [0.4, 0.5) is 27.7 Å². The van der Waals surface area contributed by atoms with E-state index in [2.05, 4.69) is 73.5 Å². The van der Waals surface area contributed by atoms with Crippen molar-refractivity contribution >= 4 is 76.8 Å². The molecule has 292 valence electrons. The molecule has 5 N–H and O–H groups in total. The average molecular weight is 819 g/mol. The van der Waals surface area contributed by atoms with Gasteiger partial charge < -0.3 is 39.4 Å². The van der Waals surface area contributed by atoms with E-state index in [0.29, 0.717) is 39.0 Å². The topological polar surface area (TPSA) is 232 Å². The Kier molecular flexibility index (Phi) is 18.1. The standard InChI is InChI=1S/C18H17FN4O2S.C7H12ClN5.C3H8NO5P.C3H9S/c1-4-5-22-13-7-12(11(19)6-14(13)25-9-16(22)24)20-17-23-10-18(2,3)8-15(23)21-26-17;1-3-9-6-11-5(8)12-7(13-6)10-4-2;5-3(6)1-4-2-10(7,8)9;1-4(2)3/h1,6-7H,5,8-10H2,2-3H3;3-4H2,1-2H3,(H2,9,10,11,12,13);4H,1-2H2,(H,5,6)(H2,7,8,9);1-3H3/q;;;+1/p-1/b20-17-;;;. The third-order valence-corrected chi connectivity index (χ3v) is 7.87. The van der Waals surface area contributed by atoms with Crippen LogP contribution in [0.15, 0.2) is 17.1 Å². The Hall–Kier alpha value is -3.83. The van der Waals surface area contributed by atoms with Gasteiger partial charge in [-0.2, -0.15) is 19.3 Å². The van der Waals surface area contributed by atoms with Crippen LogP contribution in [0.2, 0.25) is 5.28 Å². The van der Waals surface area contributed by atoms with Crippen molar-refractivity contribution in [2.75, 3.05) is 73.4 Å². The largest absolute Gasteiger partial charge is 0.778 e. The Morgan fingerprint density at radius 1 is 1.23 bits per heavy atom. The summed E-state index contributed by atoms with van der Waals surface area (Å²) >= 11 is 6.92. The number of fused-ring (bicyclic) bond motifs is 2. The summed E-state index contributed by atoms with van der Waals surface area (Å²) in [6.45, 7) is 10.0. The Morgan fingerprint density at radius 2 is 1.83 bits per heavy atom. The van der Waals surface area contributed by atoms with Gasteiger partial charge in [-0.25, -0.2) is 9.38 Å². The zero-order valence-corrected chi connectivity index (χ0v) is 33.8. The first kappa shape index (κ1) is 45.3. The number of amides is 1. The minimum Gasteiger partial charge on any atom is -0.778 e. The van der Waals surface area contributed by atoms with Gasteiger partial charge >= 0.3 is 5.97 Å². The molecule has 1 amide bonds. The third kappa shape index (κ3) is 16.0. The van der Waals surface area contributed by atoms with Crippen LogP contribution in [0.25, 0.3) is 0 Å². The number of carboxylic acid groups (broad SMARTS) is 1. The Bertz CT molecular complexity index is 1840. The molecule has 0 bridgehead atoms. The smallest absolute Gasteiger partial charge is 0.317 e. The molecule has 53 heavy (non-hydrogen) atoms. The number of carbonyl (C=O) groups excluding carboxylic acids is 1. The van der Waals surface area contributed by atoms with Gasteiger partial charge in [0.2, 0.25) is 22.0 Å². The normalized spacial score (nSPS) is 15.1. The van der Waals surface area contributed by atoms with Crippen LogP contribution in [0.5, 0.6) is 5.75 Å². The number of nitrogens with one attached hydrogen (secondary N) is 3. The highest BCUT2D eigenvalue weighted by Crippen LogP contribution is 2.37. The van der Waals surface area contributed by atoms with E-state index in [-0.39, 0.29) is 35.4 Å². The number of hydrogen-bond donors (Lipinski definition) is 5. The summed E-state index contributed by atoms with van der Waals surface area (Å²) < 4.78 is 36.3. The highest BCUT2D eigenvalue weighted by Gasteiger charge is 2.31. The van der Waals surface area contributed by atoms with Gasteiger partial charge in [0, 0.05) is 43.7 Å². The van der Waals surface area contributed by atoms with Crippen LogP contribution in [-0.4, -0.2) is 104 Å². The van der Waals surface area contributed by atoms with Gasteiger partial charge in [-0.05, 0) is 47.8 Å². The van der Waals surface area contributed by atoms with Gasteiger partial charge in [-0.1, -0.05) is 19.8 Å². The molecule has 1 unspecified atom stereocenters. The van der Waals surface area contributed by atoms with Crippen molar-refractivity contribution in [3.8, 4) is 18.1 Å². The SMILES string of the molecule is C#CCN1C(=O)COc2cc(F)c(/N=c3\snc4n3CC(C)(C)C4)cc21.CCNc1nc(Cl)nc(NCC)n1.C[S+](C)C.O=C(O)CNCP(=O)([O-])O. The molecule has 2 aliphatic rings. The van der Waals surface area contributed by atoms with Gasteiger partial charge in [0.1, 0.15) is 24.9 Å². The van der Waals surface area contributed by atoms with Crippen LogP contribution in [-0.2, 0) is 38.0 Å². The number of nitrogens with zero attached hydrogens (tertiary/aromatic N) is 7. The van der Waals surface area contributed by atoms with Crippen LogP contribution >= 0.6 is 30.7 Å². The third-order valence-electron chi connectivity index (χ3n) is 6.30. The van der Waals surface area contributed by atoms with Crippen molar-refractivity contribution in [2.24, 2.45) is 10.4 Å². The molecule has 5 rings (SSSR count). The molecule has 0 radical (unpaired) electrons. The van der Waals surface area contributed by atoms with Gasteiger partial charge in [-0.15, -0.1) is 6.42 Å². The minimum absolute atomic E-state index is 0.0964. The van der Waals surface area contributed by atoms with Crippen molar-refractivity contribution in [3.05, 3.63) is 33.9 Å². The molecule has 2 aromatic heterocycles. The summed E-state index contributed by atoms with van der Waals surface area (Å²) in [4.78, 5) is 58.2. The molecular formula is C31H45ClFN10O7PS2. The van der Waals surface area contributed by atoms with Crippen molar-refractivity contribution < 1.29 is 38.2 Å².